The number of carbonyl (C=O) groups is 3. The number of imide groups is 1. The van der Waals surface area contributed by atoms with Crippen molar-refractivity contribution in [3.05, 3.63) is 69.1 Å². The van der Waals surface area contributed by atoms with Crippen LogP contribution in [-0.4, -0.2) is 98.3 Å². The third-order valence-corrected chi connectivity index (χ3v) is 12.7. The van der Waals surface area contributed by atoms with Crippen LogP contribution in [-0.2, 0) is 21.4 Å². The van der Waals surface area contributed by atoms with Gasteiger partial charge in [-0.05, 0) is 88.1 Å². The largest absolute Gasteiger partial charge is 0.478 e. The third-order valence-electron chi connectivity index (χ3n) is 12.4. The molecule has 0 aliphatic carbocycles. The predicted molar refractivity (Wildman–Crippen MR) is 230 cm³/mol. The molecule has 3 aliphatic heterocycles. The fourth-order valence-corrected chi connectivity index (χ4v) is 9.24. The van der Waals surface area contributed by atoms with Crippen LogP contribution in [0.5, 0.6) is 5.75 Å². The number of amides is 3. The molecule has 0 bridgehead atoms. The maximum Gasteiger partial charge on any atom is 0.294 e. The summed E-state index contributed by atoms with van der Waals surface area (Å²) in [6.07, 6.45) is 6.47. The average molecular weight is 856 g/mol. The molecule has 0 spiro atoms. The summed E-state index contributed by atoms with van der Waals surface area (Å²) in [5.74, 6) is 0.0918. The Morgan fingerprint density at radius 2 is 1.85 bits per heavy atom. The molecule has 7 heterocycles. The van der Waals surface area contributed by atoms with Crippen molar-refractivity contribution >= 4 is 68.7 Å². The molecule has 4 aromatic heterocycles. The number of carbonyl (C=O) groups excluding carboxylic acids is 3. The number of halogens is 2. The zero-order valence-electron chi connectivity index (χ0n) is 35.0. The number of nitrogens with zero attached hydrogens (tertiary/aromatic N) is 8. The minimum absolute atomic E-state index is 0.0482. The van der Waals surface area contributed by atoms with Crippen LogP contribution in [0.2, 0.25) is 5.02 Å². The number of piperidine rings is 3. The van der Waals surface area contributed by atoms with Crippen molar-refractivity contribution in [2.45, 2.75) is 70.8 Å². The lowest BCUT2D eigenvalue weighted by Crippen LogP contribution is -2.45. The van der Waals surface area contributed by atoms with E-state index in [1.807, 2.05) is 32.0 Å². The zero-order valence-corrected chi connectivity index (χ0v) is 35.8. The van der Waals surface area contributed by atoms with Gasteiger partial charge < -0.3 is 25.2 Å². The van der Waals surface area contributed by atoms with Crippen molar-refractivity contribution in [1.29, 1.82) is 0 Å². The van der Waals surface area contributed by atoms with E-state index in [1.54, 1.807) is 25.5 Å². The summed E-state index contributed by atoms with van der Waals surface area (Å²) in [4.78, 5) is 68.1. The molecule has 1 unspecified atom stereocenters. The van der Waals surface area contributed by atoms with Gasteiger partial charge in [0.15, 0.2) is 24.0 Å². The summed E-state index contributed by atoms with van der Waals surface area (Å²) in [6, 6.07) is 6.96. The normalized spacial score (nSPS) is 20.4. The molecule has 18 heteroatoms. The first-order valence-electron chi connectivity index (χ1n) is 20.9. The summed E-state index contributed by atoms with van der Waals surface area (Å²) in [5, 5.41) is 14.3. The predicted octanol–water partition coefficient (Wildman–Crippen LogP) is 5.18. The summed E-state index contributed by atoms with van der Waals surface area (Å²) in [7, 11) is 3.21. The van der Waals surface area contributed by atoms with Crippen molar-refractivity contribution in [3.63, 3.8) is 0 Å². The Morgan fingerprint density at radius 1 is 1.07 bits per heavy atom. The smallest absolute Gasteiger partial charge is 0.294 e. The summed E-state index contributed by atoms with van der Waals surface area (Å²) >= 11 is 6.61. The molecular formula is C43H51ClFN11O5. The van der Waals surface area contributed by atoms with E-state index < -0.39 is 5.92 Å². The maximum absolute atomic E-state index is 16.2. The second kappa shape index (κ2) is 17.4. The highest BCUT2D eigenvalue weighted by atomic mass is 35.5. The summed E-state index contributed by atoms with van der Waals surface area (Å²) in [5.41, 5.74) is 2.32. The lowest BCUT2D eigenvalue weighted by Gasteiger charge is -2.41. The minimum atomic E-state index is -0.577. The maximum atomic E-state index is 16.2. The van der Waals surface area contributed by atoms with Crippen molar-refractivity contribution in [2.24, 2.45) is 18.9 Å². The van der Waals surface area contributed by atoms with Gasteiger partial charge in [-0.3, -0.25) is 33.7 Å². The molecule has 3 saturated heterocycles. The molecular weight excluding hydrogens is 805 g/mol. The quantitative estimate of drug-likeness (QED) is 0.149. The number of fused-ring (bicyclic) bond motifs is 2. The highest BCUT2D eigenvalue weighted by Gasteiger charge is 2.34. The van der Waals surface area contributed by atoms with Crippen LogP contribution in [0.1, 0.15) is 82.0 Å². The lowest BCUT2D eigenvalue weighted by atomic mass is 9.84. The molecule has 3 amide bonds. The van der Waals surface area contributed by atoms with Crippen molar-refractivity contribution in [2.75, 3.05) is 56.6 Å². The number of pyridine rings is 2. The first-order chi connectivity index (χ1) is 29.3. The van der Waals surface area contributed by atoms with Gasteiger partial charge in [-0.1, -0.05) is 30.7 Å². The number of ether oxygens (including phenoxy) is 1. The van der Waals surface area contributed by atoms with Crippen LogP contribution >= 0.6 is 11.6 Å². The summed E-state index contributed by atoms with van der Waals surface area (Å²) in [6.45, 7) is 10.0. The SMILES string of the molecule is CNC(=O)COc1cc2cc(Nc3nc(N4CC[C@@H](CN5CCC(c6ccc7c(C8CCC(=O)NC8=O)nn(C)c7c6F)CC5)[C@@H](C)C4)ncc3Cl)cnc2n(C(C)C)c1=O. The molecule has 3 aliphatic rings. The van der Waals surface area contributed by atoms with Gasteiger partial charge in [0.1, 0.15) is 16.2 Å². The number of benzene rings is 1. The number of aromatic nitrogens is 6. The number of likely N-dealkylation sites (tertiary alicyclic amines) is 1. The monoisotopic (exact) mass is 855 g/mol. The topological polar surface area (TPSA) is 181 Å². The molecule has 3 atom stereocenters. The zero-order chi connectivity index (χ0) is 43.1. The Kier molecular flexibility index (Phi) is 12.0. The highest BCUT2D eigenvalue weighted by molar-refractivity contribution is 6.33. The van der Waals surface area contributed by atoms with E-state index in [1.165, 1.54) is 16.3 Å². The second-order valence-corrected chi connectivity index (χ2v) is 17.2. The Morgan fingerprint density at radius 3 is 2.57 bits per heavy atom. The average Bonchev–Trinajstić information content (AvgIpc) is 3.58. The van der Waals surface area contributed by atoms with Gasteiger partial charge in [0.2, 0.25) is 17.8 Å². The number of aryl methyl sites for hydroxylation is 1. The number of likely N-dealkylation sites (N-methyl/N-ethyl adjacent to an activating group) is 1. The van der Waals surface area contributed by atoms with E-state index >= 15 is 4.39 Å². The van der Waals surface area contributed by atoms with Crippen molar-refractivity contribution < 1.29 is 23.5 Å². The number of rotatable bonds is 11. The fraction of sp³-hybridized carbons (Fsp3) is 0.488. The molecule has 5 aromatic rings. The van der Waals surface area contributed by atoms with Gasteiger partial charge in [-0.15, -0.1) is 0 Å². The molecule has 0 radical (unpaired) electrons. The van der Waals surface area contributed by atoms with Crippen LogP contribution in [0.25, 0.3) is 21.9 Å². The first kappa shape index (κ1) is 42.0. The number of nitrogens with one attached hydrogen (secondary N) is 3. The fourth-order valence-electron chi connectivity index (χ4n) is 9.10. The van der Waals surface area contributed by atoms with E-state index in [2.05, 4.69) is 47.7 Å². The number of hydrogen-bond acceptors (Lipinski definition) is 12. The Bertz CT molecular complexity index is 2570. The van der Waals surface area contributed by atoms with E-state index in [0.717, 1.165) is 52.0 Å². The summed E-state index contributed by atoms with van der Waals surface area (Å²) < 4.78 is 24.9. The van der Waals surface area contributed by atoms with Gasteiger partial charge in [-0.25, -0.2) is 14.4 Å². The highest BCUT2D eigenvalue weighted by Crippen LogP contribution is 2.38. The van der Waals surface area contributed by atoms with E-state index in [0.29, 0.717) is 73.9 Å². The van der Waals surface area contributed by atoms with Crippen molar-refractivity contribution in [3.8, 4) is 5.75 Å². The van der Waals surface area contributed by atoms with E-state index in [9.17, 15) is 19.2 Å². The minimum Gasteiger partial charge on any atom is -0.478 e. The van der Waals surface area contributed by atoms with Crippen LogP contribution < -0.4 is 31.1 Å². The van der Waals surface area contributed by atoms with E-state index in [-0.39, 0.29) is 59.8 Å². The molecule has 61 heavy (non-hydrogen) atoms. The Labute approximate surface area is 357 Å². The Balaban J connectivity index is 0.888. The van der Waals surface area contributed by atoms with Gasteiger partial charge in [-0.2, -0.15) is 10.1 Å². The van der Waals surface area contributed by atoms with Crippen LogP contribution in [0.4, 0.5) is 21.8 Å². The third kappa shape index (κ3) is 8.49. The van der Waals surface area contributed by atoms with Gasteiger partial charge in [0, 0.05) is 57.0 Å². The first-order valence-corrected chi connectivity index (χ1v) is 21.3. The Hall–Kier alpha value is -5.68. The molecule has 3 fully saturated rings. The van der Waals surface area contributed by atoms with Gasteiger partial charge in [0.05, 0.1) is 29.7 Å². The number of hydrogen-bond donors (Lipinski definition) is 3. The van der Waals surface area contributed by atoms with Crippen LogP contribution in [0.15, 0.2) is 41.5 Å². The molecule has 0 saturated carbocycles. The molecule has 16 nitrogen and oxygen atoms in total. The van der Waals surface area contributed by atoms with Gasteiger partial charge >= 0.3 is 0 Å². The second-order valence-electron chi connectivity index (χ2n) is 16.8. The lowest BCUT2D eigenvalue weighted by molar-refractivity contribution is -0.134. The van der Waals surface area contributed by atoms with Gasteiger partial charge in [0.25, 0.3) is 11.5 Å². The molecule has 322 valence electrons. The molecule has 1 aromatic carbocycles. The standard InChI is InChI=1S/C43H51ClFN11O5/c1-23(2)56-40-27(17-33(42(56)60)61-22-35(58)46-4)16-28(18-47-40)49-39-32(44)19-48-43(51-39)55-15-12-26(24(3)20-55)21-54-13-10-25(11-14-54)29-6-7-30-37(52-53(5)38(30)36(29)45)31-8-9-34(57)50-41(31)59/h6-7,16-19,23-26,31H,8-15,20-22H2,1-5H3,(H,46,58)(H,48,49,51)(H,50,57,59)/t24-,26-,31?/m0/s1. The van der Waals surface area contributed by atoms with E-state index in [4.69, 9.17) is 21.3 Å². The van der Waals surface area contributed by atoms with Crippen LogP contribution in [0.3, 0.4) is 0 Å². The number of anilines is 3. The molecule has 3 N–H and O–H groups in total. The van der Waals surface area contributed by atoms with Crippen molar-refractivity contribution in [1.82, 2.24) is 44.8 Å². The van der Waals surface area contributed by atoms with Crippen LogP contribution in [0, 0.1) is 17.7 Å². The molecule has 8 rings (SSSR count).